The van der Waals surface area contributed by atoms with E-state index in [4.69, 9.17) is 4.74 Å². The molecule has 0 aromatic carbocycles. The van der Waals surface area contributed by atoms with Crippen LogP contribution in [0.3, 0.4) is 0 Å². The highest BCUT2D eigenvalue weighted by atomic mass is 16.5. The van der Waals surface area contributed by atoms with Crippen LogP contribution in [-0.4, -0.2) is 26.2 Å². The van der Waals surface area contributed by atoms with Crippen LogP contribution in [0.5, 0.6) is 0 Å². The van der Waals surface area contributed by atoms with Crippen molar-refractivity contribution >= 4 is 5.97 Å². The van der Waals surface area contributed by atoms with Crippen molar-refractivity contribution < 1.29 is 9.53 Å². The number of rotatable bonds is 2. The molecule has 0 bridgehead atoms. The second-order valence-corrected chi connectivity index (χ2v) is 5.27. The average molecular weight is 225 g/mol. The van der Waals surface area contributed by atoms with Crippen molar-refractivity contribution in [1.29, 1.82) is 0 Å². The Bertz CT molecular complexity index is 236. The number of methoxy groups -OCH3 is 1. The van der Waals surface area contributed by atoms with Crippen LogP contribution in [0.4, 0.5) is 0 Å². The van der Waals surface area contributed by atoms with Gasteiger partial charge in [0.05, 0.1) is 13.0 Å². The lowest BCUT2D eigenvalue weighted by Gasteiger charge is -2.36. The fourth-order valence-corrected chi connectivity index (χ4v) is 3.29. The molecule has 2 rings (SSSR count). The number of hydrogen-bond acceptors (Lipinski definition) is 3. The van der Waals surface area contributed by atoms with Gasteiger partial charge in [-0.05, 0) is 24.8 Å². The molecule has 1 saturated carbocycles. The van der Waals surface area contributed by atoms with Crippen molar-refractivity contribution in [1.82, 2.24) is 5.32 Å². The third-order valence-electron chi connectivity index (χ3n) is 4.24. The third-order valence-corrected chi connectivity index (χ3v) is 4.24. The van der Waals surface area contributed by atoms with Gasteiger partial charge in [0, 0.05) is 6.54 Å². The predicted molar refractivity (Wildman–Crippen MR) is 63.1 cm³/mol. The first-order chi connectivity index (χ1) is 7.81. The summed E-state index contributed by atoms with van der Waals surface area (Å²) in [7, 11) is 1.49. The predicted octanol–water partition coefficient (Wildman–Crippen LogP) is 1.97. The minimum Gasteiger partial charge on any atom is -0.469 e. The van der Waals surface area contributed by atoms with Gasteiger partial charge >= 0.3 is 5.97 Å². The summed E-state index contributed by atoms with van der Waals surface area (Å²) < 4.78 is 4.85. The van der Waals surface area contributed by atoms with E-state index in [0.717, 1.165) is 25.4 Å². The highest BCUT2D eigenvalue weighted by Crippen LogP contribution is 2.34. The maximum Gasteiger partial charge on any atom is 0.309 e. The first-order valence-electron chi connectivity index (χ1n) is 6.60. The van der Waals surface area contributed by atoms with Gasteiger partial charge in [-0.15, -0.1) is 0 Å². The minimum atomic E-state index is -0.0343. The Hall–Kier alpha value is -0.570. The van der Waals surface area contributed by atoms with Crippen LogP contribution in [0.15, 0.2) is 0 Å². The van der Waals surface area contributed by atoms with E-state index in [1.807, 2.05) is 0 Å². The fraction of sp³-hybridized carbons (Fsp3) is 0.923. The Morgan fingerprint density at radius 2 is 1.88 bits per heavy atom. The van der Waals surface area contributed by atoms with E-state index in [1.165, 1.54) is 39.2 Å². The van der Waals surface area contributed by atoms with Gasteiger partial charge in [-0.1, -0.05) is 32.1 Å². The molecule has 3 nitrogen and oxygen atoms in total. The summed E-state index contributed by atoms with van der Waals surface area (Å²) >= 11 is 0. The molecule has 0 aromatic heterocycles. The van der Waals surface area contributed by atoms with Crippen molar-refractivity contribution in [2.75, 3.05) is 20.2 Å². The highest BCUT2D eigenvalue weighted by molar-refractivity contribution is 5.72. The maximum atomic E-state index is 11.5. The maximum absolute atomic E-state index is 11.5. The Morgan fingerprint density at radius 1 is 1.12 bits per heavy atom. The molecule has 0 spiro atoms. The smallest absolute Gasteiger partial charge is 0.309 e. The van der Waals surface area contributed by atoms with E-state index in [9.17, 15) is 4.79 Å². The Morgan fingerprint density at radius 3 is 2.56 bits per heavy atom. The number of hydrogen-bond donors (Lipinski definition) is 1. The van der Waals surface area contributed by atoms with Crippen LogP contribution in [0.25, 0.3) is 0 Å². The summed E-state index contributed by atoms with van der Waals surface area (Å²) in [5, 5.41) is 3.40. The van der Waals surface area contributed by atoms with Gasteiger partial charge in [-0.25, -0.2) is 0 Å². The number of esters is 1. The van der Waals surface area contributed by atoms with E-state index in [1.54, 1.807) is 0 Å². The van der Waals surface area contributed by atoms with Crippen LogP contribution in [0.1, 0.15) is 38.5 Å². The summed E-state index contributed by atoms with van der Waals surface area (Å²) in [4.78, 5) is 11.5. The van der Waals surface area contributed by atoms with E-state index in [0.29, 0.717) is 5.92 Å². The quantitative estimate of drug-likeness (QED) is 0.730. The van der Waals surface area contributed by atoms with Gasteiger partial charge in [0.15, 0.2) is 0 Å². The first kappa shape index (κ1) is 11.9. The molecule has 0 aromatic rings. The van der Waals surface area contributed by atoms with Crippen LogP contribution in [0.2, 0.25) is 0 Å². The van der Waals surface area contributed by atoms with E-state index in [-0.39, 0.29) is 11.9 Å². The zero-order valence-corrected chi connectivity index (χ0v) is 10.2. The molecule has 1 N–H and O–H groups in total. The van der Waals surface area contributed by atoms with Crippen molar-refractivity contribution in [2.45, 2.75) is 38.5 Å². The monoisotopic (exact) mass is 225 g/mol. The lowest BCUT2D eigenvalue weighted by molar-refractivity contribution is -0.146. The average Bonchev–Trinajstić information content (AvgIpc) is 2.39. The van der Waals surface area contributed by atoms with Gasteiger partial charge in [-0.2, -0.15) is 0 Å². The summed E-state index contributed by atoms with van der Waals surface area (Å²) in [5.41, 5.74) is 0. The van der Waals surface area contributed by atoms with Crippen molar-refractivity contribution in [3.8, 4) is 0 Å². The SMILES string of the molecule is COC(=O)[C@@H]1CNC[C@H](C2CCCCC2)C1. The number of carbonyl (C=O) groups is 1. The molecule has 3 heteroatoms. The molecular weight excluding hydrogens is 202 g/mol. The molecule has 1 saturated heterocycles. The largest absolute Gasteiger partial charge is 0.469 e. The van der Waals surface area contributed by atoms with E-state index < -0.39 is 0 Å². The van der Waals surface area contributed by atoms with Gasteiger partial charge in [0.2, 0.25) is 0 Å². The number of carbonyl (C=O) groups excluding carboxylic acids is 1. The fourth-order valence-electron chi connectivity index (χ4n) is 3.29. The Labute approximate surface area is 97.9 Å². The van der Waals surface area contributed by atoms with Crippen LogP contribution in [0, 0.1) is 17.8 Å². The molecule has 2 fully saturated rings. The summed E-state index contributed by atoms with van der Waals surface area (Å²) in [6.07, 6.45) is 7.91. The van der Waals surface area contributed by atoms with Gasteiger partial charge in [0.25, 0.3) is 0 Å². The summed E-state index contributed by atoms with van der Waals surface area (Å²) in [5.74, 6) is 1.59. The molecule has 1 aliphatic heterocycles. The Balaban J connectivity index is 1.87. The highest BCUT2D eigenvalue weighted by Gasteiger charge is 2.32. The normalized spacial score (nSPS) is 32.3. The van der Waals surface area contributed by atoms with Gasteiger partial charge in [0.1, 0.15) is 0 Å². The second kappa shape index (κ2) is 5.67. The molecule has 92 valence electrons. The third kappa shape index (κ3) is 2.76. The van der Waals surface area contributed by atoms with Crippen LogP contribution >= 0.6 is 0 Å². The van der Waals surface area contributed by atoms with Crippen LogP contribution < -0.4 is 5.32 Å². The van der Waals surface area contributed by atoms with E-state index >= 15 is 0 Å². The molecule has 0 unspecified atom stereocenters. The molecule has 1 heterocycles. The molecule has 1 aliphatic carbocycles. The Kier molecular flexibility index (Phi) is 4.22. The second-order valence-electron chi connectivity index (χ2n) is 5.27. The first-order valence-corrected chi connectivity index (χ1v) is 6.60. The lowest BCUT2D eigenvalue weighted by atomic mass is 9.75. The van der Waals surface area contributed by atoms with Crippen molar-refractivity contribution in [3.05, 3.63) is 0 Å². The molecular formula is C13H23NO2. The molecule has 0 amide bonds. The van der Waals surface area contributed by atoms with Crippen LogP contribution in [-0.2, 0) is 9.53 Å². The molecule has 0 radical (unpaired) electrons. The summed E-state index contributed by atoms with van der Waals surface area (Å²) in [6.45, 7) is 1.90. The van der Waals surface area contributed by atoms with Crippen molar-refractivity contribution in [3.63, 3.8) is 0 Å². The number of ether oxygens (including phenoxy) is 1. The van der Waals surface area contributed by atoms with Gasteiger partial charge in [-0.3, -0.25) is 4.79 Å². The standard InChI is InChI=1S/C13H23NO2/c1-16-13(15)12-7-11(8-14-9-12)10-5-3-2-4-6-10/h10-12,14H,2-9H2,1H3/t11-,12+/m1/s1. The topological polar surface area (TPSA) is 38.3 Å². The lowest BCUT2D eigenvalue weighted by Crippen LogP contribution is -2.43. The zero-order valence-electron chi connectivity index (χ0n) is 10.2. The number of piperidine rings is 1. The molecule has 16 heavy (non-hydrogen) atoms. The van der Waals surface area contributed by atoms with E-state index in [2.05, 4.69) is 5.32 Å². The van der Waals surface area contributed by atoms with Crippen molar-refractivity contribution in [2.24, 2.45) is 17.8 Å². The van der Waals surface area contributed by atoms with Gasteiger partial charge < -0.3 is 10.1 Å². The molecule has 2 atom stereocenters. The summed E-state index contributed by atoms with van der Waals surface area (Å²) in [6, 6.07) is 0. The zero-order chi connectivity index (χ0) is 11.4. The molecule has 2 aliphatic rings. The minimum absolute atomic E-state index is 0.0343. The number of nitrogens with one attached hydrogen (secondary N) is 1.